The lowest BCUT2D eigenvalue weighted by atomic mass is 10.0. The lowest BCUT2D eigenvalue weighted by Crippen LogP contribution is -2.18. The summed E-state index contributed by atoms with van der Waals surface area (Å²) in [5.74, 6) is 0.0816. The third kappa shape index (κ3) is 2.27. The lowest BCUT2D eigenvalue weighted by molar-refractivity contribution is -0.0356. The van der Waals surface area contributed by atoms with Crippen LogP contribution in [0.1, 0.15) is 43.7 Å². The molecule has 0 nitrogen and oxygen atoms in total. The molecule has 0 amide bonds. The first-order chi connectivity index (χ1) is 9.89. The molecule has 1 aliphatic heterocycles. The molecule has 0 N–H and O–H groups in total. The molecule has 3 rings (SSSR count). The molecule has 1 saturated carbocycles. The standard InChI is InChI=1S/C16H18BrF3S/c1-2-11-8-5-9-14-13(11)10-15(12-6-3-4-7-12)21(14,17)16(18,19)20/h5,8-10,12H,2-4,6-7H2,1H3. The van der Waals surface area contributed by atoms with Gasteiger partial charge in [-0.2, -0.15) is 13.2 Å². The summed E-state index contributed by atoms with van der Waals surface area (Å²) < 4.78 is 41.7. The average Bonchev–Trinajstić information content (AvgIpc) is 3.04. The van der Waals surface area contributed by atoms with Gasteiger partial charge in [-0.15, -0.1) is 0 Å². The molecule has 1 fully saturated rings. The number of benzene rings is 1. The van der Waals surface area contributed by atoms with Gasteiger partial charge in [0, 0.05) is 4.90 Å². The zero-order valence-corrected chi connectivity index (χ0v) is 14.2. The molecule has 0 radical (unpaired) electrons. The Labute approximate surface area is 132 Å². The molecule has 0 spiro atoms. The molecule has 0 aromatic heterocycles. The van der Waals surface area contributed by atoms with E-state index in [4.69, 9.17) is 0 Å². The van der Waals surface area contributed by atoms with Gasteiger partial charge in [-0.3, -0.25) is 0 Å². The highest BCUT2D eigenvalue weighted by molar-refractivity contribution is 9.59. The van der Waals surface area contributed by atoms with Crippen molar-refractivity contribution in [1.29, 1.82) is 0 Å². The summed E-state index contributed by atoms with van der Waals surface area (Å²) >= 11 is 3.20. The monoisotopic (exact) mass is 378 g/mol. The fourth-order valence-electron chi connectivity index (χ4n) is 3.47. The average molecular weight is 379 g/mol. The minimum Gasteiger partial charge on any atom is -0.160 e. The van der Waals surface area contributed by atoms with Crippen molar-refractivity contribution >= 4 is 29.4 Å². The first-order valence-electron chi connectivity index (χ1n) is 7.32. The first kappa shape index (κ1) is 15.5. The smallest absolute Gasteiger partial charge is 0.160 e. The number of alkyl halides is 3. The highest BCUT2D eigenvalue weighted by Crippen LogP contribution is 2.83. The highest BCUT2D eigenvalue weighted by Gasteiger charge is 2.57. The van der Waals surface area contributed by atoms with Gasteiger partial charge in [-0.1, -0.05) is 31.9 Å². The van der Waals surface area contributed by atoms with Crippen LogP contribution in [0.15, 0.2) is 28.0 Å². The molecule has 0 bridgehead atoms. The van der Waals surface area contributed by atoms with E-state index in [2.05, 4.69) is 14.8 Å². The van der Waals surface area contributed by atoms with Gasteiger partial charge >= 0.3 is 5.51 Å². The SMILES string of the molecule is CCc1cccc2c1C=C(C1CCCC1)S2(Br)C(F)(F)F. The number of aryl methyl sites for hydroxylation is 1. The van der Waals surface area contributed by atoms with E-state index < -0.39 is 14.0 Å². The summed E-state index contributed by atoms with van der Waals surface area (Å²) in [5, 5.41) is 0. The summed E-state index contributed by atoms with van der Waals surface area (Å²) in [6.07, 6.45) is 6.47. The summed E-state index contributed by atoms with van der Waals surface area (Å²) in [4.78, 5) is 1.06. The maximum atomic E-state index is 13.9. The Kier molecular flexibility index (Phi) is 3.93. The van der Waals surface area contributed by atoms with Crippen molar-refractivity contribution < 1.29 is 13.2 Å². The Bertz CT molecular complexity index is 588. The Morgan fingerprint density at radius 3 is 2.48 bits per heavy atom. The van der Waals surface area contributed by atoms with E-state index in [0.717, 1.165) is 43.2 Å². The Morgan fingerprint density at radius 2 is 1.90 bits per heavy atom. The van der Waals surface area contributed by atoms with E-state index in [-0.39, 0.29) is 5.92 Å². The molecule has 1 atom stereocenters. The van der Waals surface area contributed by atoms with Crippen molar-refractivity contribution in [3.8, 4) is 0 Å². The van der Waals surface area contributed by atoms with E-state index in [9.17, 15) is 13.2 Å². The summed E-state index contributed by atoms with van der Waals surface area (Å²) in [5.41, 5.74) is -2.41. The molecular formula is C16H18BrF3S. The molecule has 1 unspecified atom stereocenters. The van der Waals surface area contributed by atoms with Gasteiger partial charge in [-0.25, -0.2) is 0 Å². The van der Waals surface area contributed by atoms with E-state index >= 15 is 0 Å². The van der Waals surface area contributed by atoms with Gasteiger partial charge in [0.1, 0.15) is 0 Å². The molecule has 1 aromatic carbocycles. The molecule has 5 heteroatoms. The van der Waals surface area contributed by atoms with Crippen molar-refractivity contribution in [2.75, 3.05) is 0 Å². The van der Waals surface area contributed by atoms with Crippen molar-refractivity contribution in [3.05, 3.63) is 34.2 Å². The molecule has 21 heavy (non-hydrogen) atoms. The lowest BCUT2D eigenvalue weighted by Gasteiger charge is -2.37. The third-order valence-electron chi connectivity index (χ3n) is 4.53. The van der Waals surface area contributed by atoms with E-state index in [1.165, 1.54) is 0 Å². The Balaban J connectivity index is 2.19. The highest BCUT2D eigenvalue weighted by atomic mass is 79.9. The van der Waals surface area contributed by atoms with Gasteiger partial charge in [0.25, 0.3) is 0 Å². The van der Waals surface area contributed by atoms with Gasteiger partial charge in [0.15, 0.2) is 0 Å². The van der Waals surface area contributed by atoms with Crippen LogP contribution in [0, 0.1) is 5.92 Å². The van der Waals surface area contributed by atoms with Crippen LogP contribution in [0.5, 0.6) is 0 Å². The van der Waals surface area contributed by atoms with Crippen LogP contribution in [0.2, 0.25) is 0 Å². The van der Waals surface area contributed by atoms with Gasteiger partial charge in [-0.05, 0) is 76.6 Å². The Hall–Kier alpha value is -0.420. The van der Waals surface area contributed by atoms with Crippen LogP contribution in [-0.2, 0) is 6.42 Å². The largest absolute Gasteiger partial charge is 0.442 e. The van der Waals surface area contributed by atoms with Crippen LogP contribution in [0.25, 0.3) is 6.08 Å². The number of allylic oxidation sites excluding steroid dienone is 1. The van der Waals surface area contributed by atoms with Crippen LogP contribution < -0.4 is 0 Å². The summed E-state index contributed by atoms with van der Waals surface area (Å²) in [7, 11) is -3.06. The number of rotatable bonds is 2. The predicted octanol–water partition coefficient (Wildman–Crippen LogP) is 6.79. The first-order valence-corrected chi connectivity index (χ1v) is 10.8. The number of hydrogen-bond acceptors (Lipinski definition) is 0. The second kappa shape index (κ2) is 5.34. The fraction of sp³-hybridized carbons (Fsp3) is 0.500. The molecule has 1 aliphatic carbocycles. The number of hydrogen-bond donors (Lipinski definition) is 0. The third-order valence-corrected chi connectivity index (χ3v) is 10.5. The van der Waals surface area contributed by atoms with Crippen LogP contribution in [0.4, 0.5) is 13.2 Å². The zero-order chi connectivity index (χ0) is 15.3. The summed E-state index contributed by atoms with van der Waals surface area (Å²) in [6, 6.07) is 5.36. The van der Waals surface area contributed by atoms with Crippen molar-refractivity contribution in [2.24, 2.45) is 5.92 Å². The van der Waals surface area contributed by atoms with Gasteiger partial charge in [0.2, 0.25) is 0 Å². The van der Waals surface area contributed by atoms with Crippen molar-refractivity contribution in [3.63, 3.8) is 0 Å². The second-order valence-electron chi connectivity index (χ2n) is 5.69. The predicted molar refractivity (Wildman–Crippen MR) is 86.6 cm³/mol. The number of halogens is 4. The van der Waals surface area contributed by atoms with E-state index in [1.54, 1.807) is 12.1 Å². The minimum absolute atomic E-state index is 0.0816. The Morgan fingerprint density at radius 1 is 1.24 bits per heavy atom. The molecule has 1 heterocycles. The normalized spacial score (nSPS) is 29.1. The van der Waals surface area contributed by atoms with Crippen LogP contribution >= 0.6 is 23.3 Å². The van der Waals surface area contributed by atoms with Crippen molar-refractivity contribution in [1.82, 2.24) is 0 Å². The van der Waals surface area contributed by atoms with Gasteiger partial charge < -0.3 is 0 Å². The molecule has 2 aliphatic rings. The van der Waals surface area contributed by atoms with E-state index in [0.29, 0.717) is 9.80 Å². The maximum absolute atomic E-state index is 13.9. The fourth-order valence-corrected chi connectivity index (χ4v) is 7.90. The molecule has 1 aromatic rings. The van der Waals surface area contributed by atoms with E-state index in [1.807, 2.05) is 19.1 Å². The second-order valence-corrected chi connectivity index (χ2v) is 11.1. The zero-order valence-electron chi connectivity index (χ0n) is 11.8. The topological polar surface area (TPSA) is 0 Å². The van der Waals surface area contributed by atoms with Crippen molar-refractivity contribution in [2.45, 2.75) is 49.4 Å². The molecule has 116 valence electrons. The minimum atomic E-state index is -4.24. The maximum Gasteiger partial charge on any atom is 0.442 e. The quantitative estimate of drug-likeness (QED) is 0.531. The summed E-state index contributed by atoms with van der Waals surface area (Å²) in [6.45, 7) is 2.00. The number of fused-ring (bicyclic) bond motifs is 1. The van der Waals surface area contributed by atoms with Crippen LogP contribution in [0.3, 0.4) is 0 Å². The van der Waals surface area contributed by atoms with Crippen LogP contribution in [-0.4, -0.2) is 5.51 Å². The molecular weight excluding hydrogens is 361 g/mol. The molecule has 0 saturated heterocycles. The van der Waals surface area contributed by atoms with Gasteiger partial charge in [0.05, 0.1) is 0 Å².